The van der Waals surface area contributed by atoms with E-state index < -0.39 is 0 Å². The molecule has 2 amide bonds. The van der Waals surface area contributed by atoms with Crippen LogP contribution in [0.15, 0.2) is 54.6 Å². The van der Waals surface area contributed by atoms with E-state index in [1.165, 1.54) is 41.8 Å². The number of methoxy groups -OCH3 is 1. The predicted molar refractivity (Wildman–Crippen MR) is 126 cm³/mol. The van der Waals surface area contributed by atoms with Crippen LogP contribution in [0, 0.1) is 5.92 Å². The number of benzene rings is 2. The zero-order valence-corrected chi connectivity index (χ0v) is 19.6. The van der Waals surface area contributed by atoms with Gasteiger partial charge in [-0.1, -0.05) is 30.3 Å². The molecule has 1 aliphatic rings. The third-order valence-corrected chi connectivity index (χ3v) is 6.88. The van der Waals surface area contributed by atoms with Gasteiger partial charge in [0.05, 0.1) is 55.6 Å². The van der Waals surface area contributed by atoms with Gasteiger partial charge in [0.1, 0.15) is 5.75 Å². The van der Waals surface area contributed by atoms with Crippen molar-refractivity contribution in [2.24, 2.45) is 5.92 Å². The van der Waals surface area contributed by atoms with Crippen molar-refractivity contribution in [1.29, 1.82) is 0 Å². The Bertz CT molecular complexity index is 790. The molecule has 2 aromatic rings. The molecule has 1 fully saturated rings. The Hall–Kier alpha value is -2.05. The van der Waals surface area contributed by atoms with Gasteiger partial charge < -0.3 is 14.5 Å². The molecule has 0 saturated carbocycles. The fourth-order valence-electron chi connectivity index (χ4n) is 4.18. The maximum Gasteiger partial charge on any atom is 0.332 e. The summed E-state index contributed by atoms with van der Waals surface area (Å²) in [6.45, 7) is 4.23. The third kappa shape index (κ3) is 6.47. The Morgan fingerprint density at radius 1 is 1.13 bits per heavy atom. The molecule has 1 saturated heterocycles. The van der Waals surface area contributed by atoms with Crippen molar-refractivity contribution in [2.45, 2.75) is 25.7 Å². The summed E-state index contributed by atoms with van der Waals surface area (Å²) in [5, 5.41) is 3.01. The first-order valence-corrected chi connectivity index (χ1v) is 11.5. The van der Waals surface area contributed by atoms with Crippen LogP contribution in [0.25, 0.3) is 0 Å². The number of amides is 2. The van der Waals surface area contributed by atoms with Crippen LogP contribution in [0.4, 0.5) is 10.5 Å². The Kier molecular flexibility index (Phi) is 8.16. The van der Waals surface area contributed by atoms with Crippen LogP contribution < -0.4 is 14.0 Å². The summed E-state index contributed by atoms with van der Waals surface area (Å²) >= 11 is 3.35. The van der Waals surface area contributed by atoms with Crippen LogP contribution >= 0.6 is 16.1 Å². The summed E-state index contributed by atoms with van der Waals surface area (Å²) in [5.74, 6) is 1.56. The summed E-state index contributed by atoms with van der Waals surface area (Å²) < 4.78 is 7.72. The molecule has 0 radical (unpaired) electrons. The number of nitrogens with zero attached hydrogens (tertiary/aromatic N) is 2. The lowest BCUT2D eigenvalue weighted by Crippen LogP contribution is -2.51. The van der Waals surface area contributed by atoms with E-state index in [2.05, 4.69) is 58.8 Å². The molecule has 162 valence electrons. The van der Waals surface area contributed by atoms with Crippen LogP contribution in [0.1, 0.15) is 24.8 Å². The number of carbonyl (C=O) groups is 1. The van der Waals surface area contributed by atoms with Gasteiger partial charge in [0.25, 0.3) is 0 Å². The van der Waals surface area contributed by atoms with Gasteiger partial charge in [0.2, 0.25) is 0 Å². The highest BCUT2D eigenvalue weighted by atomic mass is 79.9. The Balaban J connectivity index is 1.36. The highest BCUT2D eigenvalue weighted by Gasteiger charge is 2.29. The molecule has 0 atom stereocenters. The number of piperidine rings is 1. The summed E-state index contributed by atoms with van der Waals surface area (Å²) in [6, 6.07) is 18.1. The topological polar surface area (TPSA) is 41.6 Å². The first-order valence-electron chi connectivity index (χ1n) is 10.7. The predicted octanol–water partition coefficient (Wildman–Crippen LogP) is 5.01. The fraction of sp³-hybridized carbons (Fsp3) is 0.458. The van der Waals surface area contributed by atoms with Gasteiger partial charge in [-0.25, -0.2) is 8.72 Å². The average Bonchev–Trinajstić information content (AvgIpc) is 2.78. The SMILES string of the molecule is COc1ccc(N(Br)C(=O)NCCC[N+]2(C)CCC(Cc3ccccc3)CC2)cc1. The zero-order chi connectivity index (χ0) is 21.4. The zero-order valence-electron chi connectivity index (χ0n) is 18.0. The Morgan fingerprint density at radius 2 is 1.80 bits per heavy atom. The lowest BCUT2D eigenvalue weighted by atomic mass is 9.89. The van der Waals surface area contributed by atoms with E-state index in [1.807, 2.05) is 24.3 Å². The van der Waals surface area contributed by atoms with Crippen LogP contribution in [0.5, 0.6) is 5.75 Å². The standard InChI is InChI=1S/C24H32BrN3O2/c1-28(17-13-21(14-18-28)19-20-7-4-3-5-8-20)16-6-15-26-24(29)27(25)22-9-11-23(30-2)12-10-22/h3-5,7-12,21H,6,13-19H2,1-2H3/p+1. The molecule has 1 aliphatic heterocycles. The molecule has 5 nitrogen and oxygen atoms in total. The fourth-order valence-corrected chi connectivity index (χ4v) is 4.54. The average molecular weight is 475 g/mol. The normalized spacial score (nSPS) is 21.1. The minimum atomic E-state index is -0.149. The molecule has 30 heavy (non-hydrogen) atoms. The van der Waals surface area contributed by atoms with Gasteiger partial charge >= 0.3 is 6.03 Å². The number of carbonyl (C=O) groups excluding carboxylic acids is 1. The van der Waals surface area contributed by atoms with E-state index in [0.29, 0.717) is 6.54 Å². The molecule has 0 aromatic heterocycles. The van der Waals surface area contributed by atoms with Gasteiger partial charge in [0, 0.05) is 13.0 Å². The van der Waals surface area contributed by atoms with Gasteiger partial charge in [-0.3, -0.25) is 0 Å². The molecule has 2 aromatic carbocycles. The smallest absolute Gasteiger partial charge is 0.332 e. The van der Waals surface area contributed by atoms with Gasteiger partial charge in [-0.05, 0) is 55.0 Å². The van der Waals surface area contributed by atoms with Crippen LogP contribution in [0.2, 0.25) is 0 Å². The molecule has 0 unspecified atom stereocenters. The number of likely N-dealkylation sites (tertiary alicyclic amines) is 1. The first kappa shape index (κ1) is 22.6. The number of quaternary nitrogens is 1. The van der Waals surface area contributed by atoms with Crippen molar-refractivity contribution in [3.63, 3.8) is 0 Å². The molecule has 6 heteroatoms. The second-order valence-electron chi connectivity index (χ2n) is 8.49. The second kappa shape index (κ2) is 10.8. The van der Waals surface area contributed by atoms with Crippen molar-refractivity contribution in [1.82, 2.24) is 5.32 Å². The van der Waals surface area contributed by atoms with Crippen LogP contribution in [-0.2, 0) is 6.42 Å². The van der Waals surface area contributed by atoms with Crippen molar-refractivity contribution in [2.75, 3.05) is 44.3 Å². The quantitative estimate of drug-likeness (QED) is 0.331. The lowest BCUT2D eigenvalue weighted by molar-refractivity contribution is -0.915. The summed E-state index contributed by atoms with van der Waals surface area (Å²) in [5.41, 5.74) is 2.23. The number of rotatable bonds is 8. The minimum Gasteiger partial charge on any atom is -0.497 e. The minimum absolute atomic E-state index is 0.149. The van der Waals surface area contributed by atoms with E-state index >= 15 is 0 Å². The highest BCUT2D eigenvalue weighted by molar-refractivity contribution is 9.10. The number of nitrogens with one attached hydrogen (secondary N) is 1. The molecular weight excluding hydrogens is 442 g/mol. The maximum absolute atomic E-state index is 12.4. The molecule has 0 aliphatic carbocycles. The highest BCUT2D eigenvalue weighted by Crippen LogP contribution is 2.25. The van der Waals surface area contributed by atoms with Crippen LogP contribution in [-0.4, -0.2) is 50.9 Å². The summed E-state index contributed by atoms with van der Waals surface area (Å²) in [6.07, 6.45) is 4.74. The molecule has 1 N–H and O–H groups in total. The number of anilines is 1. The Morgan fingerprint density at radius 3 is 2.43 bits per heavy atom. The maximum atomic E-state index is 12.4. The summed E-state index contributed by atoms with van der Waals surface area (Å²) in [4.78, 5) is 12.4. The molecule has 1 heterocycles. The monoisotopic (exact) mass is 474 g/mol. The largest absolute Gasteiger partial charge is 0.497 e. The lowest BCUT2D eigenvalue weighted by Gasteiger charge is -2.41. The van der Waals surface area contributed by atoms with Gasteiger partial charge in [-0.2, -0.15) is 0 Å². The van der Waals surface area contributed by atoms with Crippen molar-refractivity contribution >= 4 is 27.9 Å². The van der Waals surface area contributed by atoms with E-state index in [1.54, 1.807) is 7.11 Å². The van der Waals surface area contributed by atoms with E-state index in [9.17, 15) is 4.79 Å². The van der Waals surface area contributed by atoms with E-state index in [0.717, 1.165) is 34.8 Å². The first-order chi connectivity index (χ1) is 14.5. The summed E-state index contributed by atoms with van der Waals surface area (Å²) in [7, 11) is 3.98. The van der Waals surface area contributed by atoms with Crippen molar-refractivity contribution in [3.05, 3.63) is 60.2 Å². The van der Waals surface area contributed by atoms with E-state index in [-0.39, 0.29) is 6.03 Å². The number of hydrogen-bond donors (Lipinski definition) is 1. The molecule has 3 rings (SSSR count). The van der Waals surface area contributed by atoms with Crippen molar-refractivity contribution in [3.8, 4) is 5.75 Å². The molecule has 0 bridgehead atoms. The third-order valence-electron chi connectivity index (χ3n) is 6.15. The number of hydrogen-bond acceptors (Lipinski definition) is 2. The number of halogens is 1. The van der Waals surface area contributed by atoms with E-state index in [4.69, 9.17) is 4.74 Å². The number of ether oxygens (including phenoxy) is 1. The van der Waals surface area contributed by atoms with Crippen molar-refractivity contribution < 1.29 is 14.0 Å². The van der Waals surface area contributed by atoms with Gasteiger partial charge in [-0.15, -0.1) is 0 Å². The molecule has 0 spiro atoms. The second-order valence-corrected chi connectivity index (χ2v) is 9.20. The molecular formula is C24H33BrN3O2+. The number of urea groups is 1. The van der Waals surface area contributed by atoms with Crippen LogP contribution in [0.3, 0.4) is 0 Å². The van der Waals surface area contributed by atoms with Gasteiger partial charge in [0.15, 0.2) is 0 Å². The Labute approximate surface area is 188 Å².